The molecule has 0 atom stereocenters. The second-order valence-corrected chi connectivity index (χ2v) is 8.25. The minimum atomic E-state index is -4.99. The standard InChI is InChI=1S/C21H12ClF7N6O3/c22-12-5-10(1-2-13(12)23)16-17(33-8-11(9-33)38-21(27,28)29)34(4-3-30)19(37)35(18(16)36)15-7-31-6-14(32-15)20(24,25)26/h1-2,5-7,11H,4,8-9H2. The van der Waals surface area contributed by atoms with Crippen LogP contribution in [0.4, 0.5) is 36.6 Å². The van der Waals surface area contributed by atoms with Crippen LogP contribution >= 0.6 is 11.6 Å². The molecule has 0 aliphatic carbocycles. The predicted molar refractivity (Wildman–Crippen MR) is 116 cm³/mol. The van der Waals surface area contributed by atoms with Crippen molar-refractivity contribution >= 4 is 17.4 Å². The summed E-state index contributed by atoms with van der Waals surface area (Å²) in [5.74, 6) is -2.08. The zero-order valence-corrected chi connectivity index (χ0v) is 19.3. The van der Waals surface area contributed by atoms with Crippen LogP contribution in [0.2, 0.25) is 5.02 Å². The van der Waals surface area contributed by atoms with E-state index >= 15 is 0 Å². The Labute approximate surface area is 211 Å². The summed E-state index contributed by atoms with van der Waals surface area (Å²) >= 11 is 5.84. The Morgan fingerprint density at radius 1 is 1.13 bits per heavy atom. The van der Waals surface area contributed by atoms with E-state index in [0.29, 0.717) is 17.0 Å². The van der Waals surface area contributed by atoms with Crippen LogP contribution in [0.1, 0.15) is 5.69 Å². The van der Waals surface area contributed by atoms with Gasteiger partial charge in [0.05, 0.1) is 29.0 Å². The zero-order chi connectivity index (χ0) is 28.0. The molecule has 3 heterocycles. The normalized spacial score (nSPS) is 14.3. The van der Waals surface area contributed by atoms with E-state index in [0.717, 1.165) is 23.1 Å². The molecule has 9 nitrogen and oxygen atoms in total. The number of aromatic nitrogens is 4. The summed E-state index contributed by atoms with van der Waals surface area (Å²) in [6.45, 7) is -1.72. The van der Waals surface area contributed by atoms with Crippen LogP contribution in [-0.4, -0.2) is 44.7 Å². The lowest BCUT2D eigenvalue weighted by Gasteiger charge is -2.42. The minimum absolute atomic E-state index is 0.142. The van der Waals surface area contributed by atoms with Crippen LogP contribution in [0.5, 0.6) is 0 Å². The van der Waals surface area contributed by atoms with Crippen molar-refractivity contribution in [2.45, 2.75) is 25.2 Å². The van der Waals surface area contributed by atoms with E-state index < -0.39 is 77.4 Å². The van der Waals surface area contributed by atoms with E-state index in [-0.39, 0.29) is 15.9 Å². The van der Waals surface area contributed by atoms with E-state index in [1.54, 1.807) is 6.07 Å². The molecule has 0 bridgehead atoms. The Morgan fingerprint density at radius 3 is 2.39 bits per heavy atom. The molecule has 4 rings (SSSR count). The van der Waals surface area contributed by atoms with E-state index in [4.69, 9.17) is 11.6 Å². The summed E-state index contributed by atoms with van der Waals surface area (Å²) in [5, 5.41) is 8.86. The zero-order valence-electron chi connectivity index (χ0n) is 18.5. The minimum Gasteiger partial charge on any atom is -0.352 e. The second kappa shape index (κ2) is 9.72. The summed E-state index contributed by atoms with van der Waals surface area (Å²) in [4.78, 5) is 34.8. The summed E-state index contributed by atoms with van der Waals surface area (Å²) in [6, 6.07) is 4.56. The van der Waals surface area contributed by atoms with Gasteiger partial charge in [0, 0.05) is 13.1 Å². The SMILES string of the molecule is N#CCn1c(N2CC(OC(F)(F)F)C2)c(-c2ccc(F)c(Cl)c2)c(=O)n(-c2cncc(C(F)(F)F)n2)c1=O. The van der Waals surface area contributed by atoms with Crippen LogP contribution in [0, 0.1) is 17.1 Å². The van der Waals surface area contributed by atoms with Gasteiger partial charge in [0.25, 0.3) is 5.56 Å². The Bertz CT molecular complexity index is 1560. The average molecular weight is 565 g/mol. The van der Waals surface area contributed by atoms with Crippen LogP contribution in [0.3, 0.4) is 0 Å². The first kappa shape index (κ1) is 27.1. The number of halogens is 8. The largest absolute Gasteiger partial charge is 0.522 e. The number of nitriles is 1. The molecule has 0 spiro atoms. The summed E-state index contributed by atoms with van der Waals surface area (Å²) in [7, 11) is 0. The molecule has 1 aromatic carbocycles. The van der Waals surface area contributed by atoms with Gasteiger partial charge >= 0.3 is 18.2 Å². The van der Waals surface area contributed by atoms with Gasteiger partial charge in [-0.15, -0.1) is 13.2 Å². The lowest BCUT2D eigenvalue weighted by molar-refractivity contribution is -0.344. The number of nitrogens with zero attached hydrogens (tertiary/aromatic N) is 6. The van der Waals surface area contributed by atoms with Gasteiger partial charge in [0.2, 0.25) is 0 Å². The highest BCUT2D eigenvalue weighted by molar-refractivity contribution is 6.31. The summed E-state index contributed by atoms with van der Waals surface area (Å²) in [6.07, 6.45) is -10.3. The summed E-state index contributed by atoms with van der Waals surface area (Å²) in [5.41, 5.74) is -4.73. The summed E-state index contributed by atoms with van der Waals surface area (Å²) < 4.78 is 96.2. The lowest BCUT2D eigenvalue weighted by Crippen LogP contribution is -2.57. The molecule has 0 amide bonds. The first-order valence-corrected chi connectivity index (χ1v) is 10.7. The number of rotatable bonds is 5. The fourth-order valence-electron chi connectivity index (χ4n) is 3.76. The first-order chi connectivity index (χ1) is 17.7. The topological polar surface area (TPSA) is 106 Å². The third-order valence-electron chi connectivity index (χ3n) is 5.34. The maximum Gasteiger partial charge on any atom is 0.522 e. The number of hydrogen-bond donors (Lipinski definition) is 0. The van der Waals surface area contributed by atoms with Crippen LogP contribution in [0.15, 0.2) is 40.2 Å². The fraction of sp³-hybridized carbons (Fsp3) is 0.286. The van der Waals surface area contributed by atoms with E-state index in [1.807, 2.05) is 0 Å². The quantitative estimate of drug-likeness (QED) is 0.437. The number of ether oxygens (including phenoxy) is 1. The molecule has 3 aromatic rings. The highest BCUT2D eigenvalue weighted by atomic mass is 35.5. The Kier molecular flexibility index (Phi) is 6.93. The first-order valence-electron chi connectivity index (χ1n) is 10.3. The highest BCUT2D eigenvalue weighted by Gasteiger charge is 2.41. The van der Waals surface area contributed by atoms with Gasteiger partial charge in [-0.05, 0) is 17.7 Å². The van der Waals surface area contributed by atoms with Gasteiger partial charge in [0.15, 0.2) is 11.5 Å². The number of alkyl halides is 6. The third-order valence-corrected chi connectivity index (χ3v) is 5.63. The molecular weight excluding hydrogens is 553 g/mol. The van der Waals surface area contributed by atoms with Gasteiger partial charge in [-0.3, -0.25) is 19.1 Å². The van der Waals surface area contributed by atoms with Crippen molar-refractivity contribution < 1.29 is 35.5 Å². The van der Waals surface area contributed by atoms with Crippen molar-refractivity contribution in [3.63, 3.8) is 0 Å². The number of anilines is 1. The molecule has 1 aliphatic rings. The second-order valence-electron chi connectivity index (χ2n) is 7.85. The maximum absolute atomic E-state index is 13.9. The highest BCUT2D eigenvalue weighted by Crippen LogP contribution is 2.34. The molecule has 200 valence electrons. The maximum atomic E-state index is 13.9. The molecule has 0 unspecified atom stereocenters. The van der Waals surface area contributed by atoms with Crippen molar-refractivity contribution in [2.75, 3.05) is 18.0 Å². The number of hydrogen-bond acceptors (Lipinski definition) is 7. The molecule has 2 aromatic heterocycles. The van der Waals surface area contributed by atoms with Crippen LogP contribution < -0.4 is 16.1 Å². The van der Waals surface area contributed by atoms with Gasteiger partial charge < -0.3 is 4.90 Å². The Morgan fingerprint density at radius 2 is 1.82 bits per heavy atom. The molecule has 17 heteroatoms. The molecule has 0 radical (unpaired) electrons. The fourth-order valence-corrected chi connectivity index (χ4v) is 3.94. The van der Waals surface area contributed by atoms with Crippen molar-refractivity contribution in [2.24, 2.45) is 0 Å². The Hall–Kier alpha value is -3.97. The molecule has 1 fully saturated rings. The van der Waals surface area contributed by atoms with Crippen LogP contribution in [-0.2, 0) is 17.5 Å². The van der Waals surface area contributed by atoms with Gasteiger partial charge in [-0.25, -0.2) is 18.7 Å². The van der Waals surface area contributed by atoms with Crippen molar-refractivity contribution in [3.05, 3.63) is 68.0 Å². The van der Waals surface area contributed by atoms with Crippen LogP contribution in [0.25, 0.3) is 16.9 Å². The lowest BCUT2D eigenvalue weighted by atomic mass is 10.0. The molecular formula is C21H12ClF7N6O3. The van der Waals surface area contributed by atoms with E-state index in [1.165, 1.54) is 0 Å². The average Bonchev–Trinajstić information content (AvgIpc) is 2.79. The Balaban J connectivity index is 2.00. The van der Waals surface area contributed by atoms with Gasteiger partial charge in [-0.1, -0.05) is 17.7 Å². The van der Waals surface area contributed by atoms with Gasteiger partial charge in [0.1, 0.15) is 24.3 Å². The monoisotopic (exact) mass is 564 g/mol. The van der Waals surface area contributed by atoms with Crippen molar-refractivity contribution in [1.29, 1.82) is 5.26 Å². The molecule has 1 saturated heterocycles. The smallest absolute Gasteiger partial charge is 0.352 e. The molecule has 38 heavy (non-hydrogen) atoms. The van der Waals surface area contributed by atoms with E-state index in [2.05, 4.69) is 14.7 Å². The van der Waals surface area contributed by atoms with Crippen molar-refractivity contribution in [1.82, 2.24) is 19.1 Å². The van der Waals surface area contributed by atoms with Gasteiger partial charge in [-0.2, -0.15) is 18.4 Å². The number of benzene rings is 1. The molecule has 0 N–H and O–H groups in total. The third kappa shape index (κ3) is 5.20. The van der Waals surface area contributed by atoms with E-state index in [9.17, 15) is 45.6 Å². The molecule has 0 saturated carbocycles. The predicted octanol–water partition coefficient (Wildman–Crippen LogP) is 3.52. The molecule has 1 aliphatic heterocycles. The van der Waals surface area contributed by atoms with Crippen molar-refractivity contribution in [3.8, 4) is 23.0 Å².